The van der Waals surface area contributed by atoms with E-state index in [1.165, 1.54) is 11.1 Å². The summed E-state index contributed by atoms with van der Waals surface area (Å²) in [5.74, 6) is 1.66. The molecule has 0 unspecified atom stereocenters. The number of halogens is 1. The van der Waals surface area contributed by atoms with Crippen molar-refractivity contribution < 1.29 is 9.53 Å². The Labute approximate surface area is 181 Å². The van der Waals surface area contributed by atoms with Gasteiger partial charge in [0.25, 0.3) is 0 Å². The van der Waals surface area contributed by atoms with Crippen molar-refractivity contribution in [1.82, 2.24) is 5.32 Å². The van der Waals surface area contributed by atoms with Crippen LogP contribution in [0, 0.1) is 6.92 Å². The van der Waals surface area contributed by atoms with Crippen LogP contribution >= 0.6 is 35.6 Å². The quantitative estimate of drug-likeness (QED) is 0.310. The lowest BCUT2D eigenvalue weighted by atomic mass is 10.1. The van der Waals surface area contributed by atoms with E-state index in [9.17, 15) is 4.79 Å². The number of thioether (sulfide) groups is 1. The van der Waals surface area contributed by atoms with Gasteiger partial charge in [0.1, 0.15) is 0 Å². The molecule has 0 aliphatic rings. The van der Waals surface area contributed by atoms with E-state index >= 15 is 0 Å². The van der Waals surface area contributed by atoms with Gasteiger partial charge in [0.2, 0.25) is 0 Å². The van der Waals surface area contributed by atoms with Crippen molar-refractivity contribution in [1.29, 1.82) is 0 Å². The smallest absolute Gasteiger partial charge is 0.339 e. The molecule has 0 fully saturated rings. The van der Waals surface area contributed by atoms with Crippen molar-refractivity contribution in [3.8, 4) is 0 Å². The molecule has 0 spiro atoms. The van der Waals surface area contributed by atoms with Gasteiger partial charge in [-0.3, -0.25) is 0 Å². The summed E-state index contributed by atoms with van der Waals surface area (Å²) in [6.07, 6.45) is 1.01. The van der Waals surface area contributed by atoms with E-state index in [2.05, 4.69) is 41.8 Å². The largest absolute Gasteiger partial charge is 0.462 e. The number of esters is 1. The Kier molecular flexibility index (Phi) is 9.61. The van der Waals surface area contributed by atoms with Gasteiger partial charge in [-0.05, 0) is 67.6 Å². The summed E-state index contributed by atoms with van der Waals surface area (Å²) in [4.78, 5) is 11.8. The van der Waals surface area contributed by atoms with Crippen molar-refractivity contribution in [2.75, 3.05) is 24.2 Å². The van der Waals surface area contributed by atoms with Crippen LogP contribution in [0.4, 0.5) is 5.69 Å². The molecule has 2 N–H and O–H groups in total. The third-order valence-electron chi connectivity index (χ3n) is 3.99. The molecular weight excluding hydrogens is 412 g/mol. The maximum absolute atomic E-state index is 11.8. The van der Waals surface area contributed by atoms with Crippen LogP contribution in [0.1, 0.15) is 34.8 Å². The lowest BCUT2D eigenvalue weighted by Crippen LogP contribution is -2.29. The molecule has 4 nitrogen and oxygen atoms in total. The molecule has 0 aliphatic heterocycles. The Balaban J connectivity index is 1.68. The molecule has 0 atom stereocenters. The molecule has 0 heterocycles. The van der Waals surface area contributed by atoms with Crippen molar-refractivity contribution >= 4 is 52.3 Å². The molecule has 2 rings (SSSR count). The number of hydrogen-bond acceptors (Lipinski definition) is 4. The zero-order valence-corrected chi connectivity index (χ0v) is 18.5. The lowest BCUT2D eigenvalue weighted by Gasteiger charge is -2.12. The van der Waals surface area contributed by atoms with Crippen molar-refractivity contribution in [2.24, 2.45) is 0 Å². The summed E-state index contributed by atoms with van der Waals surface area (Å²) in [5, 5.41) is 7.14. The molecule has 28 heavy (non-hydrogen) atoms. The highest BCUT2D eigenvalue weighted by Crippen LogP contribution is 2.22. The minimum Gasteiger partial charge on any atom is -0.462 e. The maximum atomic E-state index is 11.8. The standard InChI is InChI=1S/C21H25ClN2O2S2/c1-3-26-20(25)18-10-9-17(13-19(18)22)24-21(27)23-11-6-12-28-14-16-8-5-4-7-15(16)2/h4-5,7-10,13H,3,6,11-12,14H2,1-2H3,(H2,23,24,27). The third-order valence-corrected chi connectivity index (χ3v) is 5.64. The molecule has 0 aliphatic carbocycles. The summed E-state index contributed by atoms with van der Waals surface area (Å²) < 4.78 is 4.97. The monoisotopic (exact) mass is 436 g/mol. The van der Waals surface area contributed by atoms with Crippen LogP contribution in [0.2, 0.25) is 5.02 Å². The van der Waals surface area contributed by atoms with Gasteiger partial charge in [0.05, 0.1) is 17.2 Å². The molecule has 7 heteroatoms. The first-order valence-electron chi connectivity index (χ1n) is 9.15. The Bertz CT molecular complexity index is 815. The van der Waals surface area contributed by atoms with Crippen LogP contribution < -0.4 is 10.6 Å². The second-order valence-corrected chi connectivity index (χ2v) is 8.05. The van der Waals surface area contributed by atoms with Crippen LogP contribution in [0.5, 0.6) is 0 Å². The van der Waals surface area contributed by atoms with Gasteiger partial charge in [-0.15, -0.1) is 0 Å². The van der Waals surface area contributed by atoms with Crippen molar-refractivity contribution in [2.45, 2.75) is 26.0 Å². The summed E-state index contributed by atoms with van der Waals surface area (Å²) >= 11 is 13.4. The Hall–Kier alpha value is -1.76. The number of aryl methyl sites for hydroxylation is 1. The highest BCUT2D eigenvalue weighted by molar-refractivity contribution is 7.98. The molecule has 2 aromatic rings. The van der Waals surface area contributed by atoms with E-state index in [4.69, 9.17) is 28.6 Å². The molecular formula is C21H25ClN2O2S2. The third kappa shape index (κ3) is 7.34. The molecule has 0 amide bonds. The Morgan fingerprint density at radius 3 is 2.75 bits per heavy atom. The first-order chi connectivity index (χ1) is 13.5. The minimum absolute atomic E-state index is 0.312. The van der Waals surface area contributed by atoms with Crippen LogP contribution in [0.3, 0.4) is 0 Å². The van der Waals surface area contributed by atoms with Gasteiger partial charge in [0, 0.05) is 18.0 Å². The number of thiocarbonyl (C=S) groups is 1. The van der Waals surface area contributed by atoms with Crippen molar-refractivity contribution in [3.63, 3.8) is 0 Å². The molecule has 0 saturated carbocycles. The highest BCUT2D eigenvalue weighted by Gasteiger charge is 2.12. The van der Waals surface area contributed by atoms with Crippen molar-refractivity contribution in [3.05, 3.63) is 64.2 Å². The predicted octanol–water partition coefficient (Wildman–Crippen LogP) is 5.44. The number of hydrogen-bond donors (Lipinski definition) is 2. The van der Waals surface area contributed by atoms with E-state index in [-0.39, 0.29) is 0 Å². The summed E-state index contributed by atoms with van der Waals surface area (Å²) in [5.41, 5.74) is 3.80. The van der Waals surface area contributed by atoms with Crippen LogP contribution in [-0.4, -0.2) is 30.0 Å². The number of ether oxygens (including phenoxy) is 1. The molecule has 0 saturated heterocycles. The lowest BCUT2D eigenvalue weighted by molar-refractivity contribution is 0.0526. The molecule has 0 aromatic heterocycles. The van der Waals surface area contributed by atoms with Gasteiger partial charge < -0.3 is 15.4 Å². The molecule has 2 aromatic carbocycles. The molecule has 0 radical (unpaired) electrons. The summed E-state index contributed by atoms with van der Waals surface area (Å²) in [6, 6.07) is 13.5. The number of anilines is 1. The summed E-state index contributed by atoms with van der Waals surface area (Å²) in [6.45, 7) is 5.01. The molecule has 0 bridgehead atoms. The van der Waals surface area contributed by atoms with Crippen LogP contribution in [0.15, 0.2) is 42.5 Å². The fourth-order valence-electron chi connectivity index (χ4n) is 2.47. The predicted molar refractivity (Wildman–Crippen MR) is 124 cm³/mol. The van der Waals surface area contributed by atoms with Gasteiger partial charge in [-0.1, -0.05) is 35.9 Å². The number of rotatable bonds is 9. The topological polar surface area (TPSA) is 50.4 Å². The van der Waals surface area contributed by atoms with E-state index < -0.39 is 5.97 Å². The average molecular weight is 437 g/mol. The minimum atomic E-state index is -0.428. The van der Waals surface area contributed by atoms with Gasteiger partial charge in [-0.25, -0.2) is 4.79 Å². The van der Waals surface area contributed by atoms with E-state index in [0.29, 0.717) is 22.3 Å². The normalized spacial score (nSPS) is 10.4. The Morgan fingerprint density at radius 2 is 2.04 bits per heavy atom. The fraction of sp³-hybridized carbons (Fsp3) is 0.333. The van der Waals surface area contributed by atoms with Gasteiger partial charge in [0.15, 0.2) is 5.11 Å². The zero-order chi connectivity index (χ0) is 20.4. The number of carbonyl (C=O) groups excluding carboxylic acids is 1. The van der Waals surface area contributed by atoms with E-state index in [0.717, 1.165) is 30.2 Å². The van der Waals surface area contributed by atoms with Gasteiger partial charge in [-0.2, -0.15) is 11.8 Å². The number of nitrogens with one attached hydrogen (secondary N) is 2. The summed E-state index contributed by atoms with van der Waals surface area (Å²) in [7, 11) is 0. The van der Waals surface area contributed by atoms with Crippen LogP contribution in [0.25, 0.3) is 0 Å². The zero-order valence-electron chi connectivity index (χ0n) is 16.1. The highest BCUT2D eigenvalue weighted by atomic mass is 35.5. The first kappa shape index (κ1) is 22.5. The van der Waals surface area contributed by atoms with Crippen LogP contribution in [-0.2, 0) is 10.5 Å². The average Bonchev–Trinajstić information content (AvgIpc) is 2.66. The maximum Gasteiger partial charge on any atom is 0.339 e. The molecule has 150 valence electrons. The van der Waals surface area contributed by atoms with E-state index in [1.54, 1.807) is 25.1 Å². The Morgan fingerprint density at radius 1 is 1.25 bits per heavy atom. The fourth-order valence-corrected chi connectivity index (χ4v) is 3.99. The second-order valence-electron chi connectivity index (χ2n) is 6.13. The van der Waals surface area contributed by atoms with Gasteiger partial charge >= 0.3 is 5.97 Å². The number of carbonyl (C=O) groups is 1. The second kappa shape index (κ2) is 11.9. The first-order valence-corrected chi connectivity index (χ1v) is 11.1. The number of benzene rings is 2. The van der Waals surface area contributed by atoms with E-state index in [1.807, 2.05) is 11.8 Å². The SMILES string of the molecule is CCOC(=O)c1ccc(NC(=S)NCCCSCc2ccccc2C)cc1Cl.